The summed E-state index contributed by atoms with van der Waals surface area (Å²) < 4.78 is 33.1. The number of aliphatic imine (C=N–C) groups is 1. The molecule has 0 aliphatic rings. The Labute approximate surface area is 212 Å². The predicted octanol–water partition coefficient (Wildman–Crippen LogP) is 1.99. The van der Waals surface area contributed by atoms with Gasteiger partial charge in [-0.05, 0) is 35.4 Å². The molecule has 200 valence electrons. The lowest BCUT2D eigenvalue weighted by Crippen LogP contribution is -2.38. The van der Waals surface area contributed by atoms with Crippen molar-refractivity contribution < 1.29 is 37.8 Å². The molecule has 0 saturated heterocycles. The number of aliphatic carboxylic acids is 2. The summed E-state index contributed by atoms with van der Waals surface area (Å²) in [5, 5.41) is 19.2. The Morgan fingerprint density at radius 3 is 2.16 bits per heavy atom. The van der Waals surface area contributed by atoms with Crippen LogP contribution >= 0.6 is 0 Å². The summed E-state index contributed by atoms with van der Waals surface area (Å²) in [6.07, 6.45) is -3.51. The highest BCUT2D eigenvalue weighted by Crippen LogP contribution is 2.20. The third-order valence-electron chi connectivity index (χ3n) is 4.69. The van der Waals surface area contributed by atoms with E-state index in [9.17, 15) is 32.7 Å². The van der Waals surface area contributed by atoms with Crippen molar-refractivity contribution in [2.75, 3.05) is 0 Å². The van der Waals surface area contributed by atoms with Crippen LogP contribution in [0.3, 0.4) is 0 Å². The van der Waals surface area contributed by atoms with Crippen LogP contribution in [0.2, 0.25) is 0 Å². The van der Waals surface area contributed by atoms with Gasteiger partial charge in [0, 0.05) is 6.20 Å². The van der Waals surface area contributed by atoms with E-state index in [2.05, 4.69) is 10.3 Å². The van der Waals surface area contributed by atoms with Crippen molar-refractivity contribution in [1.82, 2.24) is 9.88 Å². The smallest absolute Gasteiger partial charge is 0.479 e. The van der Waals surface area contributed by atoms with Gasteiger partial charge in [-0.25, -0.2) is 14.6 Å². The number of alkyl halides is 3. The second-order valence-electron chi connectivity index (χ2n) is 7.52. The molecule has 14 heteroatoms. The molecular weight excluding hydrogens is 511 g/mol. The molecule has 0 unspecified atom stereocenters. The Balaban J connectivity index is 0.000000638. The number of rotatable bonds is 7. The largest absolute Gasteiger partial charge is 0.490 e. The zero-order chi connectivity index (χ0) is 28.5. The number of nitrogens with one attached hydrogen (secondary N) is 1. The summed E-state index contributed by atoms with van der Waals surface area (Å²) in [5.41, 5.74) is 11.5. The number of hydrogen-bond donors (Lipinski definition) is 5. The zero-order valence-electron chi connectivity index (χ0n) is 19.4. The number of guanidine groups is 1. The lowest BCUT2D eigenvalue weighted by Gasteiger charge is -2.16. The Bertz CT molecular complexity index is 1390. The molecule has 3 aromatic rings. The molecule has 1 atom stereocenters. The van der Waals surface area contributed by atoms with E-state index in [4.69, 9.17) is 21.4 Å². The minimum Gasteiger partial charge on any atom is -0.479 e. The highest BCUT2D eigenvalue weighted by atomic mass is 19.4. The third-order valence-corrected chi connectivity index (χ3v) is 4.69. The van der Waals surface area contributed by atoms with E-state index in [-0.39, 0.29) is 23.6 Å². The minimum absolute atomic E-state index is 0.162. The molecule has 0 aliphatic heterocycles. The second-order valence-corrected chi connectivity index (χ2v) is 7.52. The van der Waals surface area contributed by atoms with Gasteiger partial charge in [0.05, 0.1) is 12.2 Å². The van der Waals surface area contributed by atoms with Crippen LogP contribution in [0, 0.1) is 0 Å². The second kappa shape index (κ2) is 12.7. The topological polar surface area (TPSA) is 190 Å². The number of amides is 1. The molecule has 1 aromatic heterocycles. The van der Waals surface area contributed by atoms with Gasteiger partial charge in [-0.1, -0.05) is 42.5 Å². The van der Waals surface area contributed by atoms with E-state index in [1.165, 1.54) is 22.8 Å². The van der Waals surface area contributed by atoms with Crippen molar-refractivity contribution in [3.63, 3.8) is 0 Å². The maximum absolute atomic E-state index is 12.8. The van der Waals surface area contributed by atoms with Gasteiger partial charge in [0.25, 0.3) is 11.5 Å². The van der Waals surface area contributed by atoms with Crippen molar-refractivity contribution in [1.29, 1.82) is 0 Å². The lowest BCUT2D eigenvalue weighted by atomic mass is 10.1. The molecular formula is C24H22F3N5O6. The average Bonchev–Trinajstić information content (AvgIpc) is 2.83. The first-order valence-corrected chi connectivity index (χ1v) is 10.6. The van der Waals surface area contributed by atoms with E-state index < -0.39 is 35.6 Å². The maximum atomic E-state index is 12.8. The molecule has 0 saturated carbocycles. The number of carbonyl (C=O) groups is 3. The van der Waals surface area contributed by atoms with Gasteiger partial charge in [0.1, 0.15) is 5.56 Å². The quantitative estimate of drug-likeness (QED) is 0.225. The summed E-state index contributed by atoms with van der Waals surface area (Å²) in [4.78, 5) is 50.1. The number of benzene rings is 2. The summed E-state index contributed by atoms with van der Waals surface area (Å²) in [6.45, 7) is 0.281. The van der Waals surface area contributed by atoms with Crippen molar-refractivity contribution in [2.24, 2.45) is 16.5 Å². The average molecular weight is 533 g/mol. The zero-order valence-corrected chi connectivity index (χ0v) is 19.4. The van der Waals surface area contributed by atoms with Crippen LogP contribution in [0.5, 0.6) is 0 Å². The number of carboxylic acids is 2. The summed E-state index contributed by atoms with van der Waals surface area (Å²) in [6, 6.07) is 16.9. The molecule has 11 nitrogen and oxygen atoms in total. The SMILES string of the molecule is NC(N)=Nc1cccc([C@H](NC(=O)c2cccn(Cc3ccccc3)c2=O)C(=O)O)c1.O=C(O)C(F)(F)F. The van der Waals surface area contributed by atoms with Crippen LogP contribution in [-0.4, -0.2) is 44.8 Å². The van der Waals surface area contributed by atoms with E-state index >= 15 is 0 Å². The van der Waals surface area contributed by atoms with Gasteiger partial charge in [-0.15, -0.1) is 0 Å². The molecule has 7 N–H and O–H groups in total. The minimum atomic E-state index is -5.08. The fourth-order valence-corrected chi connectivity index (χ4v) is 3.03. The van der Waals surface area contributed by atoms with Gasteiger partial charge < -0.3 is 31.6 Å². The number of nitrogens with zero attached hydrogens (tertiary/aromatic N) is 2. The number of hydrogen-bond acceptors (Lipinski definition) is 5. The van der Waals surface area contributed by atoms with Gasteiger partial charge in [0.15, 0.2) is 12.0 Å². The summed E-state index contributed by atoms with van der Waals surface area (Å²) in [7, 11) is 0. The van der Waals surface area contributed by atoms with Crippen LogP contribution in [0.25, 0.3) is 0 Å². The van der Waals surface area contributed by atoms with E-state index in [0.29, 0.717) is 5.69 Å². The van der Waals surface area contributed by atoms with Gasteiger partial charge in [-0.2, -0.15) is 13.2 Å². The number of nitrogens with two attached hydrogens (primary N) is 2. The number of carboxylic acid groups (broad SMARTS) is 2. The van der Waals surface area contributed by atoms with Crippen LogP contribution in [0.15, 0.2) is 82.7 Å². The normalized spacial score (nSPS) is 11.3. The number of carbonyl (C=O) groups excluding carboxylic acids is 1. The van der Waals surface area contributed by atoms with Gasteiger partial charge in [0.2, 0.25) is 0 Å². The number of aromatic nitrogens is 1. The first kappa shape index (κ1) is 29.1. The Morgan fingerprint density at radius 1 is 0.974 bits per heavy atom. The van der Waals surface area contributed by atoms with Crippen LogP contribution in [-0.2, 0) is 16.1 Å². The molecule has 1 amide bonds. The monoisotopic (exact) mass is 533 g/mol. The maximum Gasteiger partial charge on any atom is 0.490 e. The van der Waals surface area contributed by atoms with Crippen molar-refractivity contribution in [3.8, 4) is 0 Å². The Hall–Kier alpha value is -5.14. The van der Waals surface area contributed by atoms with Gasteiger partial charge >= 0.3 is 18.1 Å². The van der Waals surface area contributed by atoms with Crippen molar-refractivity contribution >= 4 is 29.5 Å². The van der Waals surface area contributed by atoms with Crippen molar-refractivity contribution in [2.45, 2.75) is 18.8 Å². The summed E-state index contributed by atoms with van der Waals surface area (Å²) in [5.74, 6) is -5.04. The molecule has 2 aromatic carbocycles. The lowest BCUT2D eigenvalue weighted by molar-refractivity contribution is -0.192. The van der Waals surface area contributed by atoms with E-state index in [1.54, 1.807) is 24.4 Å². The van der Waals surface area contributed by atoms with Gasteiger partial charge in [-0.3, -0.25) is 9.59 Å². The number of halogens is 3. The van der Waals surface area contributed by atoms with Crippen molar-refractivity contribution in [3.05, 3.63) is 100.0 Å². The Morgan fingerprint density at radius 2 is 1.61 bits per heavy atom. The van der Waals surface area contributed by atoms with Crippen LogP contribution in [0.1, 0.15) is 27.5 Å². The fraction of sp³-hybridized carbons (Fsp3) is 0.125. The molecule has 0 fully saturated rings. The molecule has 0 spiro atoms. The predicted molar refractivity (Wildman–Crippen MR) is 130 cm³/mol. The van der Waals surface area contributed by atoms with Crippen LogP contribution < -0.4 is 22.3 Å². The molecule has 38 heavy (non-hydrogen) atoms. The highest BCUT2D eigenvalue weighted by Gasteiger charge is 2.38. The summed E-state index contributed by atoms with van der Waals surface area (Å²) >= 11 is 0. The number of pyridine rings is 1. The first-order valence-electron chi connectivity index (χ1n) is 10.6. The first-order chi connectivity index (χ1) is 17.8. The fourth-order valence-electron chi connectivity index (χ4n) is 3.03. The third kappa shape index (κ3) is 8.51. The van der Waals surface area contributed by atoms with E-state index in [0.717, 1.165) is 5.56 Å². The standard InChI is InChI=1S/C22H21N5O4.C2HF3O2/c23-22(24)25-16-9-4-8-15(12-16)18(21(30)31)26-19(28)17-10-5-11-27(20(17)29)13-14-6-2-1-3-7-14;3-2(4,5)1(6)7/h1-12,18H,13H2,(H,26,28)(H,30,31)(H4,23,24,25);(H,6,7)/t18-;/m0./s1. The van der Waals surface area contributed by atoms with E-state index in [1.807, 2.05) is 30.3 Å². The van der Waals surface area contributed by atoms with Crippen LogP contribution in [0.4, 0.5) is 18.9 Å². The molecule has 1 heterocycles. The Kier molecular flexibility index (Phi) is 9.73. The molecule has 3 rings (SSSR count). The molecule has 0 aliphatic carbocycles. The molecule has 0 radical (unpaired) electrons. The highest BCUT2D eigenvalue weighted by molar-refractivity contribution is 5.96. The molecule has 0 bridgehead atoms.